The number of hydrogen-bond acceptors (Lipinski definition) is 3. The van der Waals surface area contributed by atoms with Gasteiger partial charge in [0.2, 0.25) is 5.91 Å². The molecule has 1 saturated carbocycles. The molecule has 2 aliphatic rings. The Morgan fingerprint density at radius 3 is 2.38 bits per heavy atom. The molecule has 2 fully saturated rings. The minimum atomic E-state index is -0.260. The van der Waals surface area contributed by atoms with Crippen LogP contribution in [0.2, 0.25) is 0 Å². The zero-order chi connectivity index (χ0) is 22.5. The van der Waals surface area contributed by atoms with Crippen molar-refractivity contribution in [2.24, 2.45) is 5.92 Å². The molecule has 0 bridgehead atoms. The number of pyridine rings is 1. The van der Waals surface area contributed by atoms with E-state index in [1.165, 1.54) is 12.5 Å². The molecule has 0 unspecified atom stereocenters. The lowest BCUT2D eigenvalue weighted by Crippen LogP contribution is -2.45. The second-order valence-corrected chi connectivity index (χ2v) is 8.33. The standard InChI is InChI=1S/C25H25FN2O2.C2H6/c26-23-5-2-6-24-22(23)15-19(16-27-24)17-7-9-20(10-8-17)30-21-11-13-28(14-12-21)25(29)18-3-1-4-18;1-2/h2,5-10,15-16,18,21H,1,3-4,11-14H2;1-2H3. The number of benzene rings is 2. The number of hydrogen-bond donors (Lipinski definition) is 0. The number of nitrogens with zero attached hydrogens (tertiary/aromatic N) is 2. The summed E-state index contributed by atoms with van der Waals surface area (Å²) in [6.07, 6.45) is 6.95. The Labute approximate surface area is 189 Å². The highest BCUT2D eigenvalue weighted by atomic mass is 19.1. The summed E-state index contributed by atoms with van der Waals surface area (Å²) in [5, 5.41) is 0.526. The van der Waals surface area contributed by atoms with Gasteiger partial charge < -0.3 is 9.64 Å². The van der Waals surface area contributed by atoms with Crippen molar-refractivity contribution in [3.05, 3.63) is 60.5 Å². The van der Waals surface area contributed by atoms with Crippen molar-refractivity contribution in [2.45, 2.75) is 52.1 Å². The maximum atomic E-state index is 14.1. The molecule has 0 spiro atoms. The lowest BCUT2D eigenvalue weighted by molar-refractivity contribution is -0.140. The maximum absolute atomic E-state index is 14.1. The lowest BCUT2D eigenvalue weighted by Gasteiger charge is -2.36. The molecule has 1 saturated heterocycles. The van der Waals surface area contributed by atoms with Gasteiger partial charge in [-0.2, -0.15) is 0 Å². The minimum Gasteiger partial charge on any atom is -0.490 e. The van der Waals surface area contributed by atoms with Crippen molar-refractivity contribution in [3.8, 4) is 16.9 Å². The fraction of sp³-hybridized carbons (Fsp3) is 0.407. The SMILES string of the molecule is CC.O=C(C1CCC1)N1CCC(Oc2ccc(-c3cnc4cccc(F)c4c3)cc2)CC1. The average molecular weight is 435 g/mol. The van der Waals surface area contributed by atoms with Crippen LogP contribution in [0.3, 0.4) is 0 Å². The van der Waals surface area contributed by atoms with E-state index in [1.54, 1.807) is 12.3 Å². The highest BCUT2D eigenvalue weighted by molar-refractivity contribution is 5.84. The predicted octanol–water partition coefficient (Wildman–Crippen LogP) is 6.24. The highest BCUT2D eigenvalue weighted by Gasteiger charge is 2.32. The summed E-state index contributed by atoms with van der Waals surface area (Å²) in [5.41, 5.74) is 2.50. The Bertz CT molecular complexity index is 1050. The maximum Gasteiger partial charge on any atom is 0.225 e. The van der Waals surface area contributed by atoms with Crippen molar-refractivity contribution in [1.82, 2.24) is 9.88 Å². The lowest BCUT2D eigenvalue weighted by atomic mass is 9.84. The van der Waals surface area contributed by atoms with Crippen LogP contribution in [-0.2, 0) is 4.79 Å². The van der Waals surface area contributed by atoms with Crippen LogP contribution in [0.5, 0.6) is 5.75 Å². The van der Waals surface area contributed by atoms with E-state index >= 15 is 0 Å². The molecule has 5 rings (SSSR count). The first-order valence-electron chi connectivity index (χ1n) is 11.8. The van der Waals surface area contributed by atoms with Crippen molar-refractivity contribution in [3.63, 3.8) is 0 Å². The molecule has 1 aliphatic carbocycles. The molecule has 32 heavy (non-hydrogen) atoms. The molecule has 0 N–H and O–H groups in total. The van der Waals surface area contributed by atoms with Gasteiger partial charge in [-0.3, -0.25) is 9.78 Å². The van der Waals surface area contributed by atoms with Gasteiger partial charge in [-0.25, -0.2) is 4.39 Å². The summed E-state index contributed by atoms with van der Waals surface area (Å²) in [7, 11) is 0. The van der Waals surface area contributed by atoms with Crippen LogP contribution in [-0.4, -0.2) is 35.0 Å². The van der Waals surface area contributed by atoms with E-state index in [4.69, 9.17) is 4.74 Å². The van der Waals surface area contributed by atoms with Gasteiger partial charge in [-0.15, -0.1) is 0 Å². The van der Waals surface area contributed by atoms with Crippen molar-refractivity contribution in [2.75, 3.05) is 13.1 Å². The zero-order valence-electron chi connectivity index (χ0n) is 18.9. The molecule has 4 nitrogen and oxygen atoms in total. The molecule has 3 aromatic rings. The van der Waals surface area contributed by atoms with Crippen molar-refractivity contribution in [1.29, 1.82) is 0 Å². The van der Waals surface area contributed by atoms with Gasteiger partial charge in [0.25, 0.3) is 0 Å². The number of rotatable bonds is 4. The first-order chi connectivity index (χ1) is 15.7. The average Bonchev–Trinajstić information content (AvgIpc) is 2.80. The van der Waals surface area contributed by atoms with Crippen molar-refractivity contribution < 1.29 is 13.9 Å². The van der Waals surface area contributed by atoms with Gasteiger partial charge in [0, 0.05) is 49.0 Å². The molecular weight excluding hydrogens is 403 g/mol. The fourth-order valence-corrected chi connectivity index (χ4v) is 4.30. The number of carbonyl (C=O) groups excluding carboxylic acids is 1. The third-order valence-corrected chi connectivity index (χ3v) is 6.37. The molecule has 2 aromatic carbocycles. The molecule has 168 valence electrons. The Morgan fingerprint density at radius 2 is 1.72 bits per heavy atom. The summed E-state index contributed by atoms with van der Waals surface area (Å²) < 4.78 is 20.2. The normalized spacial score (nSPS) is 16.8. The first kappa shape index (κ1) is 22.3. The largest absolute Gasteiger partial charge is 0.490 e. The van der Waals surface area contributed by atoms with E-state index in [9.17, 15) is 9.18 Å². The Balaban J connectivity index is 0.00000119. The number of likely N-dealkylation sites (tertiary alicyclic amines) is 1. The number of piperidine rings is 1. The molecule has 1 amide bonds. The van der Waals surface area contributed by atoms with Crippen LogP contribution in [0.25, 0.3) is 22.0 Å². The quantitative estimate of drug-likeness (QED) is 0.488. The van der Waals surface area contributed by atoms with Gasteiger partial charge in [-0.1, -0.05) is 38.5 Å². The van der Waals surface area contributed by atoms with E-state index in [0.717, 1.165) is 55.6 Å². The Morgan fingerprint density at radius 1 is 1.00 bits per heavy atom. The van der Waals surface area contributed by atoms with E-state index in [1.807, 2.05) is 55.1 Å². The number of carbonyl (C=O) groups is 1. The number of halogens is 1. The smallest absolute Gasteiger partial charge is 0.225 e. The number of amides is 1. The molecule has 0 radical (unpaired) electrons. The molecule has 2 heterocycles. The van der Waals surface area contributed by atoms with Gasteiger partial charge >= 0.3 is 0 Å². The highest BCUT2D eigenvalue weighted by Crippen LogP contribution is 2.30. The summed E-state index contributed by atoms with van der Waals surface area (Å²) in [6, 6.07) is 14.6. The zero-order valence-corrected chi connectivity index (χ0v) is 18.9. The topological polar surface area (TPSA) is 42.4 Å². The summed E-state index contributed by atoms with van der Waals surface area (Å²) in [5.74, 6) is 1.17. The third-order valence-electron chi connectivity index (χ3n) is 6.37. The van der Waals surface area contributed by atoms with Crippen LogP contribution >= 0.6 is 0 Å². The van der Waals surface area contributed by atoms with Crippen LogP contribution in [0.4, 0.5) is 4.39 Å². The van der Waals surface area contributed by atoms with Crippen LogP contribution in [0.1, 0.15) is 46.0 Å². The summed E-state index contributed by atoms with van der Waals surface area (Å²) >= 11 is 0. The first-order valence-corrected chi connectivity index (χ1v) is 11.8. The summed E-state index contributed by atoms with van der Waals surface area (Å²) in [4.78, 5) is 18.8. The van der Waals surface area contributed by atoms with Gasteiger partial charge in [0.15, 0.2) is 0 Å². The number of ether oxygens (including phenoxy) is 1. The number of aromatic nitrogens is 1. The van der Waals surface area contributed by atoms with Crippen LogP contribution in [0, 0.1) is 11.7 Å². The van der Waals surface area contributed by atoms with Crippen molar-refractivity contribution >= 4 is 16.8 Å². The van der Waals surface area contributed by atoms with E-state index < -0.39 is 0 Å². The van der Waals surface area contributed by atoms with Crippen LogP contribution < -0.4 is 4.74 Å². The molecular formula is C27H31FN2O2. The molecule has 0 atom stereocenters. The van der Waals surface area contributed by atoms with Crippen LogP contribution in [0.15, 0.2) is 54.7 Å². The second-order valence-electron chi connectivity index (χ2n) is 8.33. The van der Waals surface area contributed by atoms with Gasteiger partial charge in [0.1, 0.15) is 17.7 Å². The van der Waals surface area contributed by atoms with E-state index in [0.29, 0.717) is 16.8 Å². The summed E-state index contributed by atoms with van der Waals surface area (Å²) in [6.45, 7) is 5.57. The monoisotopic (exact) mass is 434 g/mol. The minimum absolute atomic E-state index is 0.137. The fourth-order valence-electron chi connectivity index (χ4n) is 4.30. The van der Waals surface area contributed by atoms with E-state index in [2.05, 4.69) is 4.98 Å². The number of fused-ring (bicyclic) bond motifs is 1. The Hall–Kier alpha value is -2.95. The van der Waals surface area contributed by atoms with Gasteiger partial charge in [0.05, 0.1) is 5.52 Å². The third kappa shape index (κ3) is 4.77. The second kappa shape index (κ2) is 10.1. The molecule has 1 aliphatic heterocycles. The predicted molar refractivity (Wildman–Crippen MR) is 126 cm³/mol. The van der Waals surface area contributed by atoms with Gasteiger partial charge in [-0.05, 0) is 48.7 Å². The molecule has 1 aromatic heterocycles. The molecule has 5 heteroatoms. The van der Waals surface area contributed by atoms with E-state index in [-0.39, 0.29) is 17.8 Å². The Kier molecular flexibility index (Phi) is 7.03.